The minimum Gasteiger partial charge on any atom is -0.378 e. The van der Waals surface area contributed by atoms with Crippen molar-refractivity contribution in [1.29, 1.82) is 0 Å². The van der Waals surface area contributed by atoms with Gasteiger partial charge in [0, 0.05) is 0 Å². The molecule has 0 aromatic rings. The van der Waals surface area contributed by atoms with Gasteiger partial charge < -0.3 is 5.11 Å². The van der Waals surface area contributed by atoms with Crippen molar-refractivity contribution in [3.8, 4) is 11.5 Å². The van der Waals surface area contributed by atoms with Gasteiger partial charge in [-0.15, -0.1) is 5.54 Å². The van der Waals surface area contributed by atoms with Crippen LogP contribution in [0.3, 0.4) is 0 Å². The summed E-state index contributed by atoms with van der Waals surface area (Å²) in [4.78, 5) is 0. The molecule has 0 spiro atoms. The first-order valence-corrected chi connectivity index (χ1v) is 7.78. The van der Waals surface area contributed by atoms with Crippen molar-refractivity contribution in [2.45, 2.75) is 58.4 Å². The van der Waals surface area contributed by atoms with Gasteiger partial charge in [-0.2, -0.15) is 0 Å². The summed E-state index contributed by atoms with van der Waals surface area (Å²) in [6.45, 7) is 10.2. The zero-order valence-corrected chi connectivity index (χ0v) is 10.6. The molecule has 0 atom stereocenters. The summed E-state index contributed by atoms with van der Waals surface area (Å²) in [6, 6.07) is 3.59. The first-order valence-electron chi connectivity index (χ1n) is 5.16. The fourth-order valence-corrected chi connectivity index (χ4v) is 3.90. The van der Waals surface area contributed by atoms with Crippen LogP contribution in [0.1, 0.15) is 34.6 Å². The summed E-state index contributed by atoms with van der Waals surface area (Å²) in [5.74, 6) is 2.98. The highest BCUT2D eigenvalue weighted by Crippen LogP contribution is 2.19. The molecule has 0 radical (unpaired) electrons. The van der Waals surface area contributed by atoms with Crippen molar-refractivity contribution < 1.29 is 5.11 Å². The Morgan fingerprint density at radius 3 is 1.69 bits per heavy atom. The van der Waals surface area contributed by atoms with Gasteiger partial charge in [-0.1, -0.05) is 26.7 Å². The molecule has 0 bridgehead atoms. The van der Waals surface area contributed by atoms with Crippen molar-refractivity contribution >= 4 is 8.07 Å². The van der Waals surface area contributed by atoms with Crippen LogP contribution >= 0.6 is 0 Å². The van der Waals surface area contributed by atoms with Gasteiger partial charge >= 0.3 is 0 Å². The lowest BCUT2D eigenvalue weighted by Crippen LogP contribution is -2.30. The molecule has 1 nitrogen and oxygen atoms in total. The van der Waals surface area contributed by atoms with E-state index in [-0.39, 0.29) is 0 Å². The first-order chi connectivity index (χ1) is 5.89. The summed E-state index contributed by atoms with van der Waals surface area (Å²) >= 11 is 0. The molecule has 76 valence electrons. The molecule has 13 heavy (non-hydrogen) atoms. The predicted molar refractivity (Wildman–Crippen MR) is 61.3 cm³/mol. The van der Waals surface area contributed by atoms with Crippen LogP contribution in [0.2, 0.25) is 18.1 Å². The van der Waals surface area contributed by atoms with Crippen LogP contribution < -0.4 is 0 Å². The number of rotatable bonds is 3. The predicted octanol–water partition coefficient (Wildman–Crippen LogP) is 2.81. The summed E-state index contributed by atoms with van der Waals surface area (Å²) in [6.07, 6.45) is 0. The lowest BCUT2D eigenvalue weighted by molar-refractivity contribution is 0.143. The molecule has 0 aromatic heterocycles. The van der Waals surface area contributed by atoms with E-state index in [9.17, 15) is 5.11 Å². The van der Waals surface area contributed by atoms with Crippen LogP contribution in [0.15, 0.2) is 0 Å². The Hall–Kier alpha value is -0.263. The molecule has 0 aromatic carbocycles. The highest BCUT2D eigenvalue weighted by Gasteiger charge is 2.24. The van der Waals surface area contributed by atoms with Crippen molar-refractivity contribution in [3.63, 3.8) is 0 Å². The van der Waals surface area contributed by atoms with Gasteiger partial charge in [-0.25, -0.2) is 0 Å². The Bertz CT molecular complexity index is 192. The fraction of sp³-hybridized carbons (Fsp3) is 0.818. The second-order valence-electron chi connectivity index (χ2n) is 4.15. The molecule has 0 saturated heterocycles. The maximum absolute atomic E-state index is 9.52. The third-order valence-corrected chi connectivity index (χ3v) is 7.38. The van der Waals surface area contributed by atoms with E-state index in [0.29, 0.717) is 0 Å². The quantitative estimate of drug-likeness (QED) is 0.546. The number of aliphatic hydroxyl groups is 1. The highest BCUT2D eigenvalue weighted by atomic mass is 28.3. The number of hydrogen-bond donors (Lipinski definition) is 1. The summed E-state index contributed by atoms with van der Waals surface area (Å²) in [5, 5.41) is 9.52. The standard InChI is InChI=1S/C11H22OSi/c1-6-13(7-2,8-3)10-9-11(4,5)12/h12H,6-8H2,1-5H3. The van der Waals surface area contributed by atoms with Crippen LogP contribution in [0, 0.1) is 11.5 Å². The van der Waals surface area contributed by atoms with Crippen LogP contribution in [0.25, 0.3) is 0 Å². The zero-order valence-electron chi connectivity index (χ0n) is 9.57. The van der Waals surface area contributed by atoms with Gasteiger partial charge in [-0.3, -0.25) is 0 Å². The van der Waals surface area contributed by atoms with E-state index in [1.807, 2.05) is 0 Å². The molecular formula is C11H22OSi. The minimum absolute atomic E-state index is 0.822. The van der Waals surface area contributed by atoms with E-state index >= 15 is 0 Å². The zero-order chi connectivity index (χ0) is 10.5. The van der Waals surface area contributed by atoms with Crippen LogP contribution in [-0.4, -0.2) is 18.8 Å². The maximum Gasteiger partial charge on any atom is 0.137 e. The van der Waals surface area contributed by atoms with E-state index in [1.165, 1.54) is 18.1 Å². The van der Waals surface area contributed by atoms with Gasteiger partial charge in [0.05, 0.1) is 0 Å². The van der Waals surface area contributed by atoms with Crippen LogP contribution in [0.5, 0.6) is 0 Å². The largest absolute Gasteiger partial charge is 0.378 e. The maximum atomic E-state index is 9.52. The SMILES string of the molecule is CC[Si](C#CC(C)(C)O)(CC)CC. The van der Waals surface area contributed by atoms with Crippen LogP contribution in [-0.2, 0) is 0 Å². The summed E-state index contributed by atoms with van der Waals surface area (Å²) < 4.78 is 0. The minimum atomic E-state index is -1.35. The van der Waals surface area contributed by atoms with E-state index in [0.717, 1.165) is 0 Å². The van der Waals surface area contributed by atoms with Crippen LogP contribution in [0.4, 0.5) is 0 Å². The topological polar surface area (TPSA) is 20.2 Å². The van der Waals surface area contributed by atoms with Crippen molar-refractivity contribution in [3.05, 3.63) is 0 Å². The monoisotopic (exact) mass is 198 g/mol. The molecule has 0 saturated carbocycles. The third kappa shape index (κ3) is 4.49. The average Bonchev–Trinajstić information content (AvgIpc) is 2.06. The molecule has 0 aliphatic rings. The van der Waals surface area contributed by atoms with E-state index < -0.39 is 13.7 Å². The Labute approximate surface area is 83.6 Å². The molecule has 2 heteroatoms. The summed E-state index contributed by atoms with van der Waals surface area (Å²) in [5.41, 5.74) is 2.54. The summed E-state index contributed by atoms with van der Waals surface area (Å²) in [7, 11) is -1.35. The normalized spacial score (nSPS) is 12.2. The first kappa shape index (κ1) is 12.7. The molecule has 0 fully saturated rings. The third-order valence-electron chi connectivity index (χ3n) is 2.66. The van der Waals surface area contributed by atoms with Gasteiger partial charge in [0.25, 0.3) is 0 Å². The lowest BCUT2D eigenvalue weighted by Gasteiger charge is -2.21. The Kier molecular flexibility index (Phi) is 4.73. The molecule has 0 unspecified atom stereocenters. The molecule has 0 heterocycles. The van der Waals surface area contributed by atoms with Crippen molar-refractivity contribution in [2.24, 2.45) is 0 Å². The van der Waals surface area contributed by atoms with Gasteiger partial charge in [0.15, 0.2) is 0 Å². The Balaban J connectivity index is 4.66. The van der Waals surface area contributed by atoms with Crippen molar-refractivity contribution in [1.82, 2.24) is 0 Å². The molecule has 1 N–H and O–H groups in total. The molecular weight excluding hydrogens is 176 g/mol. The second-order valence-corrected chi connectivity index (χ2v) is 9.08. The highest BCUT2D eigenvalue weighted by molar-refractivity contribution is 6.87. The molecule has 0 aliphatic heterocycles. The second kappa shape index (κ2) is 4.83. The smallest absolute Gasteiger partial charge is 0.137 e. The average molecular weight is 198 g/mol. The molecule has 0 amide bonds. The molecule has 0 aliphatic carbocycles. The van der Waals surface area contributed by atoms with E-state index in [2.05, 4.69) is 32.2 Å². The van der Waals surface area contributed by atoms with Gasteiger partial charge in [-0.05, 0) is 32.0 Å². The van der Waals surface area contributed by atoms with Gasteiger partial charge in [0.2, 0.25) is 0 Å². The number of hydrogen-bond acceptors (Lipinski definition) is 1. The molecule has 0 rings (SSSR count). The lowest BCUT2D eigenvalue weighted by atomic mass is 10.2. The van der Waals surface area contributed by atoms with E-state index in [4.69, 9.17) is 0 Å². The van der Waals surface area contributed by atoms with E-state index in [1.54, 1.807) is 13.8 Å². The fourth-order valence-electron chi connectivity index (χ4n) is 1.30. The van der Waals surface area contributed by atoms with Crippen molar-refractivity contribution in [2.75, 3.05) is 0 Å². The van der Waals surface area contributed by atoms with Gasteiger partial charge in [0.1, 0.15) is 13.7 Å². The Morgan fingerprint density at radius 2 is 1.46 bits per heavy atom. The Morgan fingerprint density at radius 1 is 1.08 bits per heavy atom.